The molecule has 112 valence electrons. The van der Waals surface area contributed by atoms with Gasteiger partial charge in [-0.3, -0.25) is 4.72 Å². The van der Waals surface area contributed by atoms with Gasteiger partial charge in [-0.05, 0) is 59.8 Å². The molecule has 3 rings (SSSR count). The van der Waals surface area contributed by atoms with Gasteiger partial charge in [-0.1, -0.05) is 0 Å². The second-order valence-electron chi connectivity index (χ2n) is 4.88. The van der Waals surface area contributed by atoms with Crippen molar-refractivity contribution >= 4 is 48.1 Å². The highest BCUT2D eigenvalue weighted by Gasteiger charge is 2.20. The van der Waals surface area contributed by atoms with Gasteiger partial charge in [0.25, 0.3) is 10.0 Å². The molecule has 0 saturated heterocycles. The number of nitrogens with one attached hydrogen (secondary N) is 1. The summed E-state index contributed by atoms with van der Waals surface area (Å²) >= 11 is 4.67. The van der Waals surface area contributed by atoms with Crippen molar-refractivity contribution in [2.24, 2.45) is 0 Å². The zero-order chi connectivity index (χ0) is 15.0. The van der Waals surface area contributed by atoms with Gasteiger partial charge in [0.05, 0.1) is 10.6 Å². The summed E-state index contributed by atoms with van der Waals surface area (Å²) < 4.78 is 27.9. The summed E-state index contributed by atoms with van der Waals surface area (Å²) in [6, 6.07) is 4.53. The standard InChI is InChI=1S/C13H14BrN3O2S2/c14-9-7-8(5-6-10(9)15)21(18,19)17-13-16-11-3-1-2-4-12(11)20-13/h5-7H,1-4,15H2,(H,16,17). The Morgan fingerprint density at radius 3 is 2.76 bits per heavy atom. The van der Waals surface area contributed by atoms with E-state index in [2.05, 4.69) is 25.6 Å². The van der Waals surface area contributed by atoms with E-state index >= 15 is 0 Å². The number of fused-ring (bicyclic) bond motifs is 1. The topological polar surface area (TPSA) is 85.1 Å². The Bertz CT molecular complexity index is 763. The number of anilines is 2. The van der Waals surface area contributed by atoms with E-state index in [4.69, 9.17) is 5.73 Å². The molecular formula is C13H14BrN3O2S2. The van der Waals surface area contributed by atoms with Gasteiger partial charge >= 0.3 is 0 Å². The lowest BCUT2D eigenvalue weighted by atomic mass is 10.0. The average molecular weight is 388 g/mol. The number of rotatable bonds is 3. The molecule has 0 atom stereocenters. The number of halogens is 1. The highest BCUT2D eigenvalue weighted by Crippen LogP contribution is 2.31. The van der Waals surface area contributed by atoms with Gasteiger partial charge in [-0.25, -0.2) is 13.4 Å². The monoisotopic (exact) mass is 387 g/mol. The summed E-state index contributed by atoms with van der Waals surface area (Å²) in [6.07, 6.45) is 4.18. The summed E-state index contributed by atoms with van der Waals surface area (Å²) in [7, 11) is -3.64. The van der Waals surface area contributed by atoms with Crippen molar-refractivity contribution in [3.05, 3.63) is 33.2 Å². The molecule has 1 aromatic heterocycles. The fourth-order valence-electron chi connectivity index (χ4n) is 2.24. The predicted octanol–water partition coefficient (Wildman–Crippen LogP) is 3.17. The van der Waals surface area contributed by atoms with Crippen LogP contribution in [0.25, 0.3) is 0 Å². The van der Waals surface area contributed by atoms with Crippen LogP contribution in [0.4, 0.5) is 10.8 Å². The van der Waals surface area contributed by atoms with Gasteiger partial charge in [0, 0.05) is 15.0 Å². The third kappa shape index (κ3) is 3.07. The molecule has 0 unspecified atom stereocenters. The van der Waals surface area contributed by atoms with Gasteiger partial charge in [0.2, 0.25) is 0 Å². The maximum absolute atomic E-state index is 12.4. The molecule has 1 aliphatic rings. The number of benzene rings is 1. The molecule has 3 N–H and O–H groups in total. The molecule has 0 saturated carbocycles. The smallest absolute Gasteiger partial charge is 0.263 e. The maximum Gasteiger partial charge on any atom is 0.263 e. The van der Waals surface area contributed by atoms with Crippen molar-refractivity contribution in [1.82, 2.24) is 4.98 Å². The molecule has 1 aromatic carbocycles. The van der Waals surface area contributed by atoms with Crippen LogP contribution in [-0.4, -0.2) is 13.4 Å². The Kier molecular flexibility index (Phi) is 3.94. The molecular weight excluding hydrogens is 374 g/mol. The van der Waals surface area contributed by atoms with Crippen molar-refractivity contribution in [3.63, 3.8) is 0 Å². The quantitative estimate of drug-likeness (QED) is 0.791. The van der Waals surface area contributed by atoms with E-state index in [1.165, 1.54) is 28.3 Å². The molecule has 1 heterocycles. The van der Waals surface area contributed by atoms with E-state index in [0.29, 0.717) is 15.3 Å². The lowest BCUT2D eigenvalue weighted by Crippen LogP contribution is -2.13. The molecule has 0 amide bonds. The Morgan fingerprint density at radius 2 is 2.05 bits per heavy atom. The minimum absolute atomic E-state index is 0.164. The van der Waals surface area contributed by atoms with E-state index in [9.17, 15) is 8.42 Å². The zero-order valence-electron chi connectivity index (χ0n) is 11.1. The van der Waals surface area contributed by atoms with Crippen molar-refractivity contribution in [2.75, 3.05) is 10.5 Å². The number of hydrogen-bond donors (Lipinski definition) is 2. The molecule has 0 fully saturated rings. The van der Waals surface area contributed by atoms with Crippen LogP contribution in [0, 0.1) is 0 Å². The molecule has 0 bridgehead atoms. The molecule has 0 aliphatic heterocycles. The fraction of sp³-hybridized carbons (Fsp3) is 0.308. The van der Waals surface area contributed by atoms with E-state index in [-0.39, 0.29) is 4.90 Å². The molecule has 21 heavy (non-hydrogen) atoms. The van der Waals surface area contributed by atoms with Gasteiger partial charge in [0.1, 0.15) is 0 Å². The minimum atomic E-state index is -3.64. The highest BCUT2D eigenvalue weighted by atomic mass is 79.9. The number of nitrogens with zero attached hydrogens (tertiary/aromatic N) is 1. The Morgan fingerprint density at radius 1 is 1.29 bits per heavy atom. The van der Waals surface area contributed by atoms with Crippen molar-refractivity contribution < 1.29 is 8.42 Å². The lowest BCUT2D eigenvalue weighted by molar-refractivity contribution is 0.601. The third-order valence-corrected chi connectivity index (χ3v) is 6.57. The molecule has 0 spiro atoms. The van der Waals surface area contributed by atoms with E-state index < -0.39 is 10.0 Å². The Balaban J connectivity index is 1.88. The maximum atomic E-state index is 12.4. The average Bonchev–Trinajstić information content (AvgIpc) is 2.82. The molecule has 8 heteroatoms. The third-order valence-electron chi connectivity index (χ3n) is 3.35. The number of nitrogens with two attached hydrogens (primary N) is 1. The summed E-state index contributed by atoms with van der Waals surface area (Å²) in [6.45, 7) is 0. The zero-order valence-corrected chi connectivity index (χ0v) is 14.3. The second kappa shape index (κ2) is 5.58. The normalized spacial score (nSPS) is 14.7. The van der Waals surface area contributed by atoms with Crippen LogP contribution in [0.3, 0.4) is 0 Å². The highest BCUT2D eigenvalue weighted by molar-refractivity contribution is 9.10. The van der Waals surface area contributed by atoms with Crippen LogP contribution in [0.2, 0.25) is 0 Å². The predicted molar refractivity (Wildman–Crippen MR) is 88.1 cm³/mol. The van der Waals surface area contributed by atoms with Crippen LogP contribution >= 0.6 is 27.3 Å². The van der Waals surface area contributed by atoms with Crippen molar-refractivity contribution in [3.8, 4) is 0 Å². The number of hydrogen-bond acceptors (Lipinski definition) is 5. The van der Waals surface area contributed by atoms with Crippen LogP contribution in [0.5, 0.6) is 0 Å². The Hall–Kier alpha value is -1.12. The van der Waals surface area contributed by atoms with E-state index in [1.54, 1.807) is 6.07 Å². The van der Waals surface area contributed by atoms with Crippen molar-refractivity contribution in [2.45, 2.75) is 30.6 Å². The van der Waals surface area contributed by atoms with Crippen LogP contribution < -0.4 is 10.5 Å². The summed E-state index contributed by atoms with van der Waals surface area (Å²) in [5.74, 6) is 0. The minimum Gasteiger partial charge on any atom is -0.398 e. The number of nitrogen functional groups attached to an aromatic ring is 1. The largest absolute Gasteiger partial charge is 0.398 e. The van der Waals surface area contributed by atoms with Gasteiger partial charge in [0.15, 0.2) is 5.13 Å². The van der Waals surface area contributed by atoms with Crippen LogP contribution in [0.1, 0.15) is 23.4 Å². The fourth-order valence-corrected chi connectivity index (χ4v) is 5.09. The molecule has 5 nitrogen and oxygen atoms in total. The van der Waals surface area contributed by atoms with Crippen LogP contribution in [0.15, 0.2) is 27.6 Å². The first-order valence-electron chi connectivity index (χ1n) is 6.52. The van der Waals surface area contributed by atoms with Crippen LogP contribution in [-0.2, 0) is 22.9 Å². The first-order chi connectivity index (χ1) is 9.95. The molecule has 2 aromatic rings. The second-order valence-corrected chi connectivity index (χ2v) is 8.51. The van der Waals surface area contributed by atoms with Gasteiger partial charge < -0.3 is 5.73 Å². The molecule has 0 radical (unpaired) electrons. The van der Waals surface area contributed by atoms with Crippen molar-refractivity contribution in [1.29, 1.82) is 0 Å². The summed E-state index contributed by atoms with van der Waals surface area (Å²) in [5.41, 5.74) is 7.21. The Labute approximate surface area is 135 Å². The van der Waals surface area contributed by atoms with E-state index in [0.717, 1.165) is 31.4 Å². The van der Waals surface area contributed by atoms with E-state index in [1.807, 2.05) is 0 Å². The number of aryl methyl sites for hydroxylation is 2. The molecule has 1 aliphatic carbocycles. The number of aromatic nitrogens is 1. The summed E-state index contributed by atoms with van der Waals surface area (Å²) in [5, 5.41) is 0.440. The lowest BCUT2D eigenvalue weighted by Gasteiger charge is -2.06. The first kappa shape index (κ1) is 14.8. The number of thiazole rings is 1. The summed E-state index contributed by atoms with van der Waals surface area (Å²) in [4.78, 5) is 5.75. The number of sulfonamides is 1. The SMILES string of the molecule is Nc1ccc(S(=O)(=O)Nc2nc3c(s2)CCCC3)cc1Br. The van der Waals surface area contributed by atoms with Gasteiger partial charge in [-0.15, -0.1) is 11.3 Å². The first-order valence-corrected chi connectivity index (χ1v) is 9.61. The van der Waals surface area contributed by atoms with Gasteiger partial charge in [-0.2, -0.15) is 0 Å².